The number of alkyl halides is 2. The van der Waals surface area contributed by atoms with Gasteiger partial charge in [0.2, 0.25) is 11.9 Å². The van der Waals surface area contributed by atoms with Gasteiger partial charge < -0.3 is 16.0 Å². The maximum absolute atomic E-state index is 13.4. The quantitative estimate of drug-likeness (QED) is 0.371. The molecule has 13 heteroatoms. The van der Waals surface area contributed by atoms with Gasteiger partial charge in [0.25, 0.3) is 12.3 Å². The second-order valence-corrected chi connectivity index (χ2v) is 11.7. The molecule has 3 heterocycles. The van der Waals surface area contributed by atoms with Gasteiger partial charge in [0.15, 0.2) is 0 Å². The normalized spacial score (nSPS) is 22.3. The number of thiophene rings is 1. The van der Waals surface area contributed by atoms with Gasteiger partial charge in [-0.05, 0) is 55.9 Å². The van der Waals surface area contributed by atoms with E-state index in [2.05, 4.69) is 38.2 Å². The van der Waals surface area contributed by atoms with Crippen molar-refractivity contribution in [3.63, 3.8) is 0 Å². The lowest BCUT2D eigenvalue weighted by atomic mass is 9.91. The van der Waals surface area contributed by atoms with E-state index >= 15 is 0 Å². The number of hydrogen-bond donors (Lipinski definition) is 3. The molecule has 3 N–H and O–H groups in total. The van der Waals surface area contributed by atoms with Crippen molar-refractivity contribution in [3.05, 3.63) is 34.1 Å². The predicted molar refractivity (Wildman–Crippen MR) is 138 cm³/mol. The van der Waals surface area contributed by atoms with Gasteiger partial charge in [0.05, 0.1) is 5.56 Å². The highest BCUT2D eigenvalue weighted by Crippen LogP contribution is 2.44. The van der Waals surface area contributed by atoms with Crippen molar-refractivity contribution >= 4 is 39.9 Å². The number of nitrogens with one attached hydrogen (secondary N) is 3. The molecule has 2 fully saturated rings. The van der Waals surface area contributed by atoms with Gasteiger partial charge in [-0.2, -0.15) is 5.10 Å². The second kappa shape index (κ2) is 9.75. The first-order valence-corrected chi connectivity index (χ1v) is 13.8. The van der Waals surface area contributed by atoms with Gasteiger partial charge in [-0.1, -0.05) is 6.92 Å². The van der Waals surface area contributed by atoms with Gasteiger partial charge in [-0.3, -0.25) is 18.8 Å². The summed E-state index contributed by atoms with van der Waals surface area (Å²) in [6.45, 7) is 2.70. The van der Waals surface area contributed by atoms with E-state index in [-0.39, 0.29) is 29.5 Å². The summed E-state index contributed by atoms with van der Waals surface area (Å²) in [6, 6.07) is 1.24. The van der Waals surface area contributed by atoms with Gasteiger partial charge in [-0.25, -0.2) is 8.78 Å². The zero-order valence-corrected chi connectivity index (χ0v) is 22.0. The summed E-state index contributed by atoms with van der Waals surface area (Å²) in [6.07, 6.45) is 4.16. The Morgan fingerprint density at radius 1 is 1.26 bits per heavy atom. The van der Waals surface area contributed by atoms with Crippen LogP contribution in [0, 0.1) is 17.8 Å². The van der Waals surface area contributed by atoms with E-state index in [0.717, 1.165) is 42.5 Å². The van der Waals surface area contributed by atoms with Gasteiger partial charge in [0.1, 0.15) is 22.8 Å². The van der Waals surface area contributed by atoms with Crippen LogP contribution in [0.2, 0.25) is 0 Å². The number of nitrogens with zero attached hydrogens (tertiary/aromatic N) is 5. The van der Waals surface area contributed by atoms with Gasteiger partial charge in [0, 0.05) is 36.5 Å². The molecule has 10 nitrogen and oxygen atoms in total. The average Bonchev–Trinajstić information content (AvgIpc) is 3.72. The van der Waals surface area contributed by atoms with Crippen LogP contribution in [-0.4, -0.2) is 42.9 Å². The molecule has 0 bridgehead atoms. The Labute approximate surface area is 222 Å². The van der Waals surface area contributed by atoms with Crippen LogP contribution in [0.5, 0.6) is 0 Å². The van der Waals surface area contributed by atoms with Crippen LogP contribution in [0.3, 0.4) is 0 Å². The average molecular weight is 545 g/mol. The number of carbonyl (C=O) groups excluding carboxylic acids is 2. The van der Waals surface area contributed by atoms with E-state index < -0.39 is 6.43 Å². The van der Waals surface area contributed by atoms with Crippen LogP contribution < -0.4 is 16.0 Å². The fraction of sp³-hybridized carbons (Fsp3) is 0.560. The highest BCUT2D eigenvalue weighted by Gasteiger charge is 2.40. The lowest BCUT2D eigenvalue weighted by Crippen LogP contribution is -2.28. The number of anilines is 3. The van der Waals surface area contributed by atoms with Crippen molar-refractivity contribution in [1.82, 2.24) is 29.9 Å². The number of halogens is 2. The molecule has 0 aliphatic heterocycles. The molecule has 3 aliphatic rings. The standard InChI is InChI=1S/C25H30F2N8O2S/c1-12-7-15(12)22(36)31-24-20(23(37)28-10-13-3-4-13)16-8-14(5-6-18(16)38-24)35-11-29-32-25(35)30-19-9-17(21(26)27)33-34(19)2/h9,11-15,21H,3-8,10H2,1-2H3,(H,28,37)(H,30,32)(H,31,36)/t12?,14-,15?/m0/s1. The monoisotopic (exact) mass is 544 g/mol. The van der Waals surface area contributed by atoms with Crippen molar-refractivity contribution in [2.45, 2.75) is 57.9 Å². The summed E-state index contributed by atoms with van der Waals surface area (Å²) in [5, 5.41) is 21.9. The number of hydrogen-bond acceptors (Lipinski definition) is 7. The Morgan fingerprint density at radius 3 is 2.74 bits per heavy atom. The number of carbonyl (C=O) groups is 2. The van der Waals surface area contributed by atoms with Crippen LogP contribution in [0.15, 0.2) is 12.4 Å². The molecule has 3 atom stereocenters. The molecule has 0 aromatic carbocycles. The first-order chi connectivity index (χ1) is 18.3. The van der Waals surface area contributed by atoms with E-state index in [9.17, 15) is 18.4 Å². The Bertz CT molecular complexity index is 1380. The molecular weight excluding hydrogens is 514 g/mol. The molecule has 202 valence electrons. The van der Waals surface area contributed by atoms with E-state index in [0.29, 0.717) is 47.1 Å². The molecule has 38 heavy (non-hydrogen) atoms. The van der Waals surface area contributed by atoms with Crippen LogP contribution in [0.25, 0.3) is 0 Å². The maximum atomic E-state index is 13.4. The molecule has 2 saturated carbocycles. The minimum absolute atomic E-state index is 0.00694. The molecule has 6 rings (SSSR count). The van der Waals surface area contributed by atoms with Crippen LogP contribution in [0.1, 0.15) is 71.6 Å². The highest BCUT2D eigenvalue weighted by atomic mass is 32.1. The number of rotatable bonds is 9. The summed E-state index contributed by atoms with van der Waals surface area (Å²) in [5.74, 6) is 1.54. The number of fused-ring (bicyclic) bond motifs is 1. The number of aryl methyl sites for hydroxylation is 2. The second-order valence-electron chi connectivity index (χ2n) is 10.6. The Morgan fingerprint density at radius 2 is 2.05 bits per heavy atom. The zero-order valence-electron chi connectivity index (χ0n) is 21.2. The molecule has 3 aliphatic carbocycles. The van der Waals surface area contributed by atoms with Crippen molar-refractivity contribution in [2.24, 2.45) is 24.8 Å². The van der Waals surface area contributed by atoms with Crippen molar-refractivity contribution < 1.29 is 18.4 Å². The Balaban J connectivity index is 1.26. The maximum Gasteiger partial charge on any atom is 0.282 e. The first kappa shape index (κ1) is 25.0. The fourth-order valence-electron chi connectivity index (χ4n) is 5.10. The summed E-state index contributed by atoms with van der Waals surface area (Å²) in [4.78, 5) is 27.3. The van der Waals surface area contributed by atoms with Gasteiger partial charge in [-0.15, -0.1) is 21.5 Å². The predicted octanol–water partition coefficient (Wildman–Crippen LogP) is 4.22. The first-order valence-electron chi connectivity index (χ1n) is 13.0. The smallest absolute Gasteiger partial charge is 0.282 e. The molecular formula is C25H30F2N8O2S. The van der Waals surface area contributed by atoms with Crippen LogP contribution in [0.4, 0.5) is 25.5 Å². The number of aromatic nitrogens is 5. The third-order valence-electron chi connectivity index (χ3n) is 7.72. The fourth-order valence-corrected chi connectivity index (χ4v) is 6.34. The van der Waals surface area contributed by atoms with E-state index in [1.54, 1.807) is 13.4 Å². The number of amides is 2. The SMILES string of the molecule is CC1CC1C(=O)Nc1sc2c(c1C(=O)NCC1CC1)C[C@@H](n1cnnc1Nc1cc(C(F)F)nn1C)CC2. The van der Waals surface area contributed by atoms with E-state index in [4.69, 9.17) is 0 Å². The summed E-state index contributed by atoms with van der Waals surface area (Å²) >= 11 is 1.50. The summed E-state index contributed by atoms with van der Waals surface area (Å²) < 4.78 is 29.4. The van der Waals surface area contributed by atoms with Crippen molar-refractivity contribution in [3.8, 4) is 0 Å². The molecule has 2 unspecified atom stereocenters. The largest absolute Gasteiger partial charge is 0.352 e. The Hall–Kier alpha value is -3.35. The van der Waals surface area contributed by atoms with Crippen molar-refractivity contribution in [1.29, 1.82) is 0 Å². The van der Waals surface area contributed by atoms with E-state index in [1.165, 1.54) is 22.1 Å². The highest BCUT2D eigenvalue weighted by molar-refractivity contribution is 7.17. The van der Waals surface area contributed by atoms with Gasteiger partial charge >= 0.3 is 0 Å². The molecule has 0 radical (unpaired) electrons. The Kier molecular flexibility index (Phi) is 6.40. The third-order valence-corrected chi connectivity index (χ3v) is 8.93. The summed E-state index contributed by atoms with van der Waals surface area (Å²) in [7, 11) is 1.58. The molecule has 2 amide bonds. The summed E-state index contributed by atoms with van der Waals surface area (Å²) in [5.41, 5.74) is 1.19. The van der Waals surface area contributed by atoms with Crippen LogP contribution >= 0.6 is 11.3 Å². The molecule has 3 aromatic rings. The lowest BCUT2D eigenvalue weighted by Gasteiger charge is -2.25. The zero-order chi connectivity index (χ0) is 26.6. The van der Waals surface area contributed by atoms with Crippen LogP contribution in [-0.2, 0) is 24.7 Å². The topological polar surface area (TPSA) is 119 Å². The minimum Gasteiger partial charge on any atom is -0.352 e. The van der Waals surface area contributed by atoms with Crippen molar-refractivity contribution in [2.75, 3.05) is 17.2 Å². The molecule has 0 saturated heterocycles. The minimum atomic E-state index is -2.67. The van der Waals surface area contributed by atoms with E-state index in [1.807, 2.05) is 4.57 Å². The molecule has 3 aromatic heterocycles. The third kappa shape index (κ3) is 4.91. The lowest BCUT2D eigenvalue weighted by molar-refractivity contribution is -0.117. The molecule has 0 spiro atoms.